The van der Waals surface area contributed by atoms with Crippen molar-refractivity contribution in [2.75, 3.05) is 6.61 Å². The monoisotopic (exact) mass is 260 g/mol. The summed E-state index contributed by atoms with van der Waals surface area (Å²) in [6, 6.07) is 8.08. The van der Waals surface area contributed by atoms with Crippen LogP contribution in [0.25, 0.3) is 0 Å². The van der Waals surface area contributed by atoms with Gasteiger partial charge in [0.05, 0.1) is 0 Å². The smallest absolute Gasteiger partial charge is 0.194 e. The Morgan fingerprint density at radius 2 is 1.79 bits per heavy atom. The summed E-state index contributed by atoms with van der Waals surface area (Å²) in [5.74, 6) is 0.176. The second kappa shape index (κ2) is 6.33. The summed E-state index contributed by atoms with van der Waals surface area (Å²) in [5.41, 5.74) is 1.56. The molecule has 2 rings (SSSR count). The molecule has 0 unspecified atom stereocenters. The highest BCUT2D eigenvalue weighted by atomic mass is 16.5. The highest BCUT2D eigenvalue weighted by Gasteiger charge is 2.42. The Hall–Kier alpha value is -1.15. The molecule has 0 atom stereocenters. The van der Waals surface area contributed by atoms with Crippen molar-refractivity contribution in [2.45, 2.75) is 58.0 Å². The van der Waals surface area contributed by atoms with Crippen LogP contribution in [-0.4, -0.2) is 18.0 Å². The molecule has 2 heteroatoms. The van der Waals surface area contributed by atoms with Crippen LogP contribution in [0.1, 0.15) is 61.9 Å². The van der Waals surface area contributed by atoms with E-state index in [1.165, 1.54) is 5.56 Å². The number of ether oxygens (including phenoxy) is 1. The van der Waals surface area contributed by atoms with Gasteiger partial charge in [-0.1, -0.05) is 37.6 Å². The van der Waals surface area contributed by atoms with Crippen molar-refractivity contribution in [1.29, 1.82) is 0 Å². The standard InChI is InChI=1S/C17H24O2/c1-3-7-14-8-10-15(11-9-14)16(18)17(19-4-2)12-5-6-13-17/h8-11H,3-7,12-13H2,1-2H3. The zero-order valence-corrected chi connectivity index (χ0v) is 12.1. The van der Waals surface area contributed by atoms with Crippen molar-refractivity contribution < 1.29 is 9.53 Å². The van der Waals surface area contributed by atoms with Crippen LogP contribution in [0.2, 0.25) is 0 Å². The largest absolute Gasteiger partial charge is 0.367 e. The number of hydrogen-bond acceptors (Lipinski definition) is 2. The molecule has 0 aromatic heterocycles. The predicted molar refractivity (Wildman–Crippen MR) is 77.6 cm³/mol. The minimum Gasteiger partial charge on any atom is -0.367 e. The number of rotatable bonds is 6. The molecule has 0 heterocycles. The first kappa shape index (κ1) is 14.3. The Morgan fingerprint density at radius 3 is 2.32 bits per heavy atom. The fraction of sp³-hybridized carbons (Fsp3) is 0.588. The van der Waals surface area contributed by atoms with E-state index >= 15 is 0 Å². The molecule has 0 aliphatic heterocycles. The molecule has 0 spiro atoms. The Morgan fingerprint density at radius 1 is 1.16 bits per heavy atom. The van der Waals surface area contributed by atoms with Crippen LogP contribution in [-0.2, 0) is 11.2 Å². The molecule has 1 aliphatic carbocycles. The third-order valence-electron chi connectivity index (χ3n) is 4.00. The average Bonchev–Trinajstić information content (AvgIpc) is 2.89. The number of carbonyl (C=O) groups excluding carboxylic acids is 1. The van der Waals surface area contributed by atoms with Gasteiger partial charge in [-0.05, 0) is 44.6 Å². The van der Waals surface area contributed by atoms with Crippen LogP contribution in [0.3, 0.4) is 0 Å². The molecule has 2 nitrogen and oxygen atoms in total. The van der Waals surface area contributed by atoms with Crippen LogP contribution < -0.4 is 0 Å². The maximum absolute atomic E-state index is 12.7. The number of hydrogen-bond donors (Lipinski definition) is 0. The zero-order chi connectivity index (χ0) is 13.7. The lowest BCUT2D eigenvalue weighted by Crippen LogP contribution is -2.38. The van der Waals surface area contributed by atoms with E-state index in [9.17, 15) is 4.79 Å². The maximum Gasteiger partial charge on any atom is 0.194 e. The minimum absolute atomic E-state index is 0.176. The van der Waals surface area contributed by atoms with Crippen molar-refractivity contribution in [2.24, 2.45) is 0 Å². The second-order valence-electron chi connectivity index (χ2n) is 5.41. The van der Waals surface area contributed by atoms with E-state index in [0.717, 1.165) is 44.1 Å². The normalized spacial score (nSPS) is 17.6. The third-order valence-corrected chi connectivity index (χ3v) is 4.00. The molecule has 0 N–H and O–H groups in total. The molecule has 1 fully saturated rings. The van der Waals surface area contributed by atoms with Gasteiger partial charge in [-0.3, -0.25) is 4.79 Å². The zero-order valence-electron chi connectivity index (χ0n) is 12.1. The van der Waals surface area contributed by atoms with Crippen LogP contribution in [0.4, 0.5) is 0 Å². The van der Waals surface area contributed by atoms with Gasteiger partial charge >= 0.3 is 0 Å². The van der Waals surface area contributed by atoms with E-state index in [-0.39, 0.29) is 5.78 Å². The molecule has 1 aromatic carbocycles. The van der Waals surface area contributed by atoms with Crippen LogP contribution in [0.15, 0.2) is 24.3 Å². The Balaban J connectivity index is 2.17. The fourth-order valence-corrected chi connectivity index (χ4v) is 3.03. The van der Waals surface area contributed by atoms with Crippen LogP contribution >= 0.6 is 0 Å². The molecule has 0 amide bonds. The molecule has 1 aromatic rings. The third kappa shape index (κ3) is 3.06. The molecule has 1 aliphatic rings. The van der Waals surface area contributed by atoms with Crippen molar-refractivity contribution >= 4 is 5.78 Å². The highest BCUT2D eigenvalue weighted by Crippen LogP contribution is 2.36. The van der Waals surface area contributed by atoms with E-state index in [2.05, 4.69) is 19.1 Å². The van der Waals surface area contributed by atoms with E-state index in [4.69, 9.17) is 4.74 Å². The summed E-state index contributed by atoms with van der Waals surface area (Å²) in [6.45, 7) is 4.75. The van der Waals surface area contributed by atoms with Gasteiger partial charge in [0, 0.05) is 12.2 Å². The van der Waals surface area contributed by atoms with Crippen molar-refractivity contribution in [3.05, 3.63) is 35.4 Å². The van der Waals surface area contributed by atoms with E-state index in [1.54, 1.807) is 0 Å². The van der Waals surface area contributed by atoms with Crippen molar-refractivity contribution in [3.63, 3.8) is 0 Å². The summed E-state index contributed by atoms with van der Waals surface area (Å²) in [4.78, 5) is 12.7. The fourth-order valence-electron chi connectivity index (χ4n) is 3.03. The average molecular weight is 260 g/mol. The molecule has 0 saturated heterocycles. The van der Waals surface area contributed by atoms with Gasteiger partial charge in [0.1, 0.15) is 5.60 Å². The summed E-state index contributed by atoms with van der Waals surface area (Å²) >= 11 is 0. The number of carbonyl (C=O) groups is 1. The Kier molecular flexibility index (Phi) is 4.76. The lowest BCUT2D eigenvalue weighted by Gasteiger charge is -2.27. The molecular formula is C17H24O2. The van der Waals surface area contributed by atoms with E-state index in [1.807, 2.05) is 19.1 Å². The summed E-state index contributed by atoms with van der Waals surface area (Å²) in [7, 11) is 0. The molecule has 0 radical (unpaired) electrons. The van der Waals surface area contributed by atoms with E-state index < -0.39 is 5.60 Å². The lowest BCUT2D eigenvalue weighted by atomic mass is 9.90. The Bertz CT molecular complexity index is 413. The topological polar surface area (TPSA) is 26.3 Å². The molecular weight excluding hydrogens is 236 g/mol. The summed E-state index contributed by atoms with van der Waals surface area (Å²) in [5, 5.41) is 0. The van der Waals surface area contributed by atoms with Gasteiger partial charge in [-0.2, -0.15) is 0 Å². The maximum atomic E-state index is 12.7. The number of ketones is 1. The second-order valence-corrected chi connectivity index (χ2v) is 5.41. The SMILES string of the molecule is CCCc1ccc(C(=O)C2(OCC)CCCC2)cc1. The minimum atomic E-state index is -0.541. The number of Topliss-reactive ketones (excluding diaryl/α,β-unsaturated/α-hetero) is 1. The van der Waals surface area contributed by atoms with Gasteiger partial charge < -0.3 is 4.74 Å². The quantitative estimate of drug-likeness (QED) is 0.717. The molecule has 0 bridgehead atoms. The molecule has 19 heavy (non-hydrogen) atoms. The lowest BCUT2D eigenvalue weighted by molar-refractivity contribution is -0.0163. The van der Waals surface area contributed by atoms with E-state index in [0.29, 0.717) is 6.61 Å². The van der Waals surface area contributed by atoms with Crippen LogP contribution in [0.5, 0.6) is 0 Å². The predicted octanol–water partition coefficient (Wildman–Crippen LogP) is 4.17. The van der Waals surface area contributed by atoms with Gasteiger partial charge in [-0.25, -0.2) is 0 Å². The first-order valence-corrected chi connectivity index (χ1v) is 7.49. The van der Waals surface area contributed by atoms with Crippen molar-refractivity contribution in [3.8, 4) is 0 Å². The summed E-state index contributed by atoms with van der Waals surface area (Å²) in [6.07, 6.45) is 6.15. The van der Waals surface area contributed by atoms with Crippen LogP contribution in [0, 0.1) is 0 Å². The van der Waals surface area contributed by atoms with Gasteiger partial charge in [0.15, 0.2) is 5.78 Å². The number of aryl methyl sites for hydroxylation is 1. The first-order valence-electron chi connectivity index (χ1n) is 7.49. The first-order chi connectivity index (χ1) is 9.22. The molecule has 104 valence electrons. The Labute approximate surface area is 116 Å². The van der Waals surface area contributed by atoms with Gasteiger partial charge in [-0.15, -0.1) is 0 Å². The highest BCUT2D eigenvalue weighted by molar-refractivity contribution is 6.02. The van der Waals surface area contributed by atoms with Crippen molar-refractivity contribution in [1.82, 2.24) is 0 Å². The summed E-state index contributed by atoms with van der Waals surface area (Å²) < 4.78 is 5.83. The van der Waals surface area contributed by atoms with Gasteiger partial charge in [0.25, 0.3) is 0 Å². The molecule has 1 saturated carbocycles. The number of benzene rings is 1. The van der Waals surface area contributed by atoms with Gasteiger partial charge in [0.2, 0.25) is 0 Å².